The summed E-state index contributed by atoms with van der Waals surface area (Å²) in [6.45, 7) is 12.1. The Morgan fingerprint density at radius 3 is 2.64 bits per heavy atom. The Morgan fingerprint density at radius 2 is 2.00 bits per heavy atom. The normalized spacial score (nSPS) is 31.5. The zero-order chi connectivity index (χ0) is 10.2. The Kier molecular flexibility index (Phi) is 2.85. The van der Waals surface area contributed by atoms with E-state index in [1.165, 1.54) is 39.0 Å². The summed E-state index contributed by atoms with van der Waals surface area (Å²) in [5, 5.41) is 3.52. The van der Waals surface area contributed by atoms with Gasteiger partial charge in [-0.1, -0.05) is 6.92 Å². The standard InChI is InChI=1S/C12H24N2/c1-10-8-13-6-7-14(9-10)12(2,3)11-4-5-11/h10-11,13H,4-9H2,1-3H3. The van der Waals surface area contributed by atoms with Gasteiger partial charge in [0.05, 0.1) is 0 Å². The van der Waals surface area contributed by atoms with Gasteiger partial charge in [-0.2, -0.15) is 0 Å². The smallest absolute Gasteiger partial charge is 0.0182 e. The van der Waals surface area contributed by atoms with Crippen LogP contribution in [-0.2, 0) is 0 Å². The molecule has 0 aromatic carbocycles. The van der Waals surface area contributed by atoms with Gasteiger partial charge in [-0.25, -0.2) is 0 Å². The van der Waals surface area contributed by atoms with Crippen LogP contribution in [0.4, 0.5) is 0 Å². The SMILES string of the molecule is CC1CNCCN(C(C)(C)C2CC2)C1. The molecule has 2 heteroatoms. The molecule has 0 amide bonds. The van der Waals surface area contributed by atoms with Gasteiger partial charge in [-0.3, -0.25) is 4.90 Å². The first-order valence-corrected chi connectivity index (χ1v) is 6.06. The van der Waals surface area contributed by atoms with Crippen LogP contribution in [-0.4, -0.2) is 36.6 Å². The zero-order valence-electron chi connectivity index (χ0n) is 9.84. The first-order chi connectivity index (χ1) is 6.60. The predicted octanol–water partition coefficient (Wildman–Crippen LogP) is 1.72. The summed E-state index contributed by atoms with van der Waals surface area (Å²) < 4.78 is 0. The minimum atomic E-state index is 0.445. The fourth-order valence-corrected chi connectivity index (χ4v) is 2.67. The van der Waals surface area contributed by atoms with Gasteiger partial charge in [0.2, 0.25) is 0 Å². The largest absolute Gasteiger partial charge is 0.315 e. The molecule has 1 saturated carbocycles. The molecule has 0 aromatic rings. The maximum Gasteiger partial charge on any atom is 0.0182 e. The molecular weight excluding hydrogens is 172 g/mol. The summed E-state index contributed by atoms with van der Waals surface area (Å²) in [4.78, 5) is 2.70. The van der Waals surface area contributed by atoms with Crippen molar-refractivity contribution in [1.82, 2.24) is 10.2 Å². The Labute approximate surface area is 88.1 Å². The molecule has 2 fully saturated rings. The van der Waals surface area contributed by atoms with Crippen LogP contribution in [0.3, 0.4) is 0 Å². The molecule has 2 rings (SSSR count). The lowest BCUT2D eigenvalue weighted by Crippen LogP contribution is -2.48. The number of rotatable bonds is 2. The highest BCUT2D eigenvalue weighted by atomic mass is 15.2. The Hall–Kier alpha value is -0.0800. The van der Waals surface area contributed by atoms with Crippen LogP contribution in [0.2, 0.25) is 0 Å². The van der Waals surface area contributed by atoms with Crippen molar-refractivity contribution in [3.63, 3.8) is 0 Å². The third-order valence-corrected chi connectivity index (χ3v) is 3.97. The minimum Gasteiger partial charge on any atom is -0.315 e. The van der Waals surface area contributed by atoms with Gasteiger partial charge in [-0.15, -0.1) is 0 Å². The second-order valence-electron chi connectivity index (χ2n) is 5.68. The molecule has 1 aliphatic carbocycles. The van der Waals surface area contributed by atoms with E-state index in [4.69, 9.17) is 0 Å². The molecule has 2 aliphatic rings. The van der Waals surface area contributed by atoms with E-state index in [1.807, 2.05) is 0 Å². The Bertz CT molecular complexity index is 196. The van der Waals surface area contributed by atoms with Crippen LogP contribution in [0.15, 0.2) is 0 Å². The summed E-state index contributed by atoms with van der Waals surface area (Å²) in [6.07, 6.45) is 2.90. The van der Waals surface area contributed by atoms with Gasteiger partial charge in [0.25, 0.3) is 0 Å². The van der Waals surface area contributed by atoms with Crippen molar-refractivity contribution >= 4 is 0 Å². The maximum atomic E-state index is 3.52. The van der Waals surface area contributed by atoms with Crippen molar-refractivity contribution in [2.45, 2.75) is 39.2 Å². The lowest BCUT2D eigenvalue weighted by Gasteiger charge is -2.39. The van der Waals surface area contributed by atoms with Crippen LogP contribution in [0.1, 0.15) is 33.6 Å². The Balaban J connectivity index is 1.99. The number of nitrogens with one attached hydrogen (secondary N) is 1. The first-order valence-electron chi connectivity index (χ1n) is 6.06. The topological polar surface area (TPSA) is 15.3 Å². The molecule has 1 aliphatic heterocycles. The summed E-state index contributed by atoms with van der Waals surface area (Å²) in [5.74, 6) is 1.77. The molecule has 82 valence electrons. The fourth-order valence-electron chi connectivity index (χ4n) is 2.67. The Morgan fingerprint density at radius 1 is 1.29 bits per heavy atom. The van der Waals surface area contributed by atoms with Gasteiger partial charge in [0.15, 0.2) is 0 Å². The van der Waals surface area contributed by atoms with E-state index >= 15 is 0 Å². The monoisotopic (exact) mass is 196 g/mol. The van der Waals surface area contributed by atoms with Crippen LogP contribution in [0.25, 0.3) is 0 Å². The van der Waals surface area contributed by atoms with Crippen LogP contribution in [0, 0.1) is 11.8 Å². The lowest BCUT2D eigenvalue weighted by molar-refractivity contribution is 0.0951. The molecule has 14 heavy (non-hydrogen) atoms. The summed E-state index contributed by atoms with van der Waals surface area (Å²) in [6, 6.07) is 0. The molecule has 1 heterocycles. The third kappa shape index (κ3) is 2.12. The summed E-state index contributed by atoms with van der Waals surface area (Å²) in [5.41, 5.74) is 0.445. The van der Waals surface area contributed by atoms with Crippen molar-refractivity contribution < 1.29 is 0 Å². The molecule has 0 radical (unpaired) electrons. The van der Waals surface area contributed by atoms with Crippen LogP contribution in [0.5, 0.6) is 0 Å². The van der Waals surface area contributed by atoms with Crippen molar-refractivity contribution in [3.05, 3.63) is 0 Å². The molecule has 1 N–H and O–H groups in total. The van der Waals surface area contributed by atoms with Gasteiger partial charge >= 0.3 is 0 Å². The van der Waals surface area contributed by atoms with Gasteiger partial charge in [0.1, 0.15) is 0 Å². The zero-order valence-corrected chi connectivity index (χ0v) is 9.84. The predicted molar refractivity (Wildman–Crippen MR) is 60.4 cm³/mol. The summed E-state index contributed by atoms with van der Waals surface area (Å²) in [7, 11) is 0. The highest BCUT2D eigenvalue weighted by Gasteiger charge is 2.42. The van der Waals surface area contributed by atoms with Crippen molar-refractivity contribution in [2.75, 3.05) is 26.2 Å². The van der Waals surface area contributed by atoms with E-state index in [0.29, 0.717) is 5.54 Å². The highest BCUT2D eigenvalue weighted by Crippen LogP contribution is 2.42. The average molecular weight is 196 g/mol. The second kappa shape index (κ2) is 3.82. The molecule has 0 aromatic heterocycles. The quantitative estimate of drug-likeness (QED) is 0.723. The molecular formula is C12H24N2. The van der Waals surface area contributed by atoms with Crippen LogP contribution < -0.4 is 5.32 Å². The number of nitrogens with zero attached hydrogens (tertiary/aromatic N) is 1. The van der Waals surface area contributed by atoms with E-state index < -0.39 is 0 Å². The lowest BCUT2D eigenvalue weighted by atomic mass is 9.95. The molecule has 1 atom stereocenters. The van der Waals surface area contributed by atoms with E-state index in [1.54, 1.807) is 0 Å². The van der Waals surface area contributed by atoms with E-state index in [-0.39, 0.29) is 0 Å². The molecule has 1 unspecified atom stereocenters. The minimum absolute atomic E-state index is 0.445. The molecule has 0 bridgehead atoms. The maximum absolute atomic E-state index is 3.52. The van der Waals surface area contributed by atoms with E-state index in [2.05, 4.69) is 31.0 Å². The average Bonchev–Trinajstić information content (AvgIpc) is 2.89. The summed E-state index contributed by atoms with van der Waals surface area (Å²) >= 11 is 0. The van der Waals surface area contributed by atoms with Crippen molar-refractivity contribution in [3.8, 4) is 0 Å². The molecule has 0 spiro atoms. The van der Waals surface area contributed by atoms with Crippen LogP contribution >= 0.6 is 0 Å². The van der Waals surface area contributed by atoms with Crippen molar-refractivity contribution in [2.24, 2.45) is 11.8 Å². The number of hydrogen-bond donors (Lipinski definition) is 1. The van der Waals surface area contributed by atoms with Gasteiger partial charge < -0.3 is 5.32 Å². The highest BCUT2D eigenvalue weighted by molar-refractivity contribution is 4.97. The van der Waals surface area contributed by atoms with E-state index in [9.17, 15) is 0 Å². The van der Waals surface area contributed by atoms with Gasteiger partial charge in [0, 0.05) is 25.2 Å². The number of hydrogen-bond acceptors (Lipinski definition) is 2. The fraction of sp³-hybridized carbons (Fsp3) is 1.00. The first kappa shape index (κ1) is 10.4. The molecule has 1 saturated heterocycles. The van der Waals surface area contributed by atoms with Gasteiger partial charge in [-0.05, 0) is 45.1 Å². The third-order valence-electron chi connectivity index (χ3n) is 3.97. The second-order valence-corrected chi connectivity index (χ2v) is 5.68. The van der Waals surface area contributed by atoms with Crippen molar-refractivity contribution in [1.29, 1.82) is 0 Å². The molecule has 2 nitrogen and oxygen atoms in total. The van der Waals surface area contributed by atoms with E-state index in [0.717, 1.165) is 11.8 Å².